The summed E-state index contributed by atoms with van der Waals surface area (Å²) in [6.07, 6.45) is 2.63. The zero-order chi connectivity index (χ0) is 25.2. The Morgan fingerprint density at radius 2 is 1.81 bits per heavy atom. The van der Waals surface area contributed by atoms with Crippen molar-refractivity contribution in [1.29, 1.82) is 0 Å². The second kappa shape index (κ2) is 10.7. The summed E-state index contributed by atoms with van der Waals surface area (Å²) in [5.74, 6) is 0.910. The van der Waals surface area contributed by atoms with Gasteiger partial charge >= 0.3 is 0 Å². The molecular formula is C30H40N4O2. The van der Waals surface area contributed by atoms with Gasteiger partial charge in [-0.3, -0.25) is 9.69 Å². The number of nitrogens with one attached hydrogen (secondary N) is 1. The van der Waals surface area contributed by atoms with E-state index in [1.54, 1.807) is 7.11 Å². The van der Waals surface area contributed by atoms with E-state index < -0.39 is 0 Å². The topological polar surface area (TPSA) is 49.7 Å². The van der Waals surface area contributed by atoms with Crippen molar-refractivity contribution >= 4 is 22.5 Å². The molecule has 1 amide bonds. The predicted molar refractivity (Wildman–Crippen MR) is 147 cm³/mol. The van der Waals surface area contributed by atoms with E-state index in [1.165, 1.54) is 46.1 Å². The first-order valence-corrected chi connectivity index (χ1v) is 13.4. The lowest BCUT2D eigenvalue weighted by molar-refractivity contribution is 0.0594. The summed E-state index contributed by atoms with van der Waals surface area (Å²) < 4.78 is 7.72. The number of fused-ring (bicyclic) bond motifs is 1. The number of aryl methyl sites for hydroxylation is 2. The maximum atomic E-state index is 13.7. The van der Waals surface area contributed by atoms with Crippen LogP contribution >= 0.6 is 0 Å². The van der Waals surface area contributed by atoms with Crippen LogP contribution in [0.25, 0.3) is 10.9 Å². The third-order valence-electron chi connectivity index (χ3n) is 8.12. The highest BCUT2D eigenvalue weighted by Gasteiger charge is 2.27. The van der Waals surface area contributed by atoms with Crippen LogP contribution in [0.3, 0.4) is 0 Å². The quantitative estimate of drug-likeness (QED) is 0.461. The van der Waals surface area contributed by atoms with Gasteiger partial charge in [-0.25, -0.2) is 0 Å². The minimum atomic E-state index is 0.134. The van der Waals surface area contributed by atoms with Gasteiger partial charge < -0.3 is 19.5 Å². The van der Waals surface area contributed by atoms with Gasteiger partial charge in [-0.2, -0.15) is 0 Å². The van der Waals surface area contributed by atoms with Crippen LogP contribution < -0.4 is 5.32 Å². The molecule has 0 spiro atoms. The lowest BCUT2D eigenvalue weighted by Crippen LogP contribution is -2.49. The zero-order valence-corrected chi connectivity index (χ0v) is 22.3. The lowest BCUT2D eigenvalue weighted by atomic mass is 10.0. The van der Waals surface area contributed by atoms with E-state index in [-0.39, 0.29) is 5.91 Å². The number of carbonyl (C=O) groups is 1. The van der Waals surface area contributed by atoms with Crippen LogP contribution in [0.2, 0.25) is 0 Å². The molecule has 1 N–H and O–H groups in total. The first-order chi connectivity index (χ1) is 17.5. The molecule has 192 valence electrons. The van der Waals surface area contributed by atoms with Gasteiger partial charge in [0, 0.05) is 69.6 Å². The van der Waals surface area contributed by atoms with E-state index in [2.05, 4.69) is 72.0 Å². The minimum Gasteiger partial charge on any atom is -0.383 e. The molecule has 3 aromatic rings. The Morgan fingerprint density at radius 1 is 1.06 bits per heavy atom. The maximum absolute atomic E-state index is 13.7. The van der Waals surface area contributed by atoms with E-state index >= 15 is 0 Å². The number of carbonyl (C=O) groups excluding carboxylic acids is 1. The van der Waals surface area contributed by atoms with Gasteiger partial charge in [0.1, 0.15) is 0 Å². The molecule has 2 fully saturated rings. The van der Waals surface area contributed by atoms with Crippen LogP contribution in [-0.2, 0) is 17.8 Å². The first kappa shape index (κ1) is 24.8. The number of aromatic nitrogens is 1. The number of ether oxygens (including phenoxy) is 1. The van der Waals surface area contributed by atoms with Gasteiger partial charge in [0.2, 0.25) is 0 Å². The number of anilines is 1. The van der Waals surface area contributed by atoms with E-state index in [0.29, 0.717) is 0 Å². The summed E-state index contributed by atoms with van der Waals surface area (Å²) in [6.45, 7) is 13.3. The Morgan fingerprint density at radius 3 is 2.50 bits per heavy atom. The van der Waals surface area contributed by atoms with E-state index in [1.807, 2.05) is 4.90 Å². The third-order valence-corrected chi connectivity index (χ3v) is 8.12. The van der Waals surface area contributed by atoms with Crippen LogP contribution in [0.1, 0.15) is 45.6 Å². The molecule has 1 aliphatic heterocycles. The van der Waals surface area contributed by atoms with Gasteiger partial charge in [0.25, 0.3) is 5.91 Å². The average molecular weight is 489 g/mol. The highest BCUT2D eigenvalue weighted by molar-refractivity contribution is 6.04. The van der Waals surface area contributed by atoms with Crippen molar-refractivity contribution in [1.82, 2.24) is 14.4 Å². The summed E-state index contributed by atoms with van der Waals surface area (Å²) in [5.41, 5.74) is 8.24. The van der Waals surface area contributed by atoms with Gasteiger partial charge in [-0.15, -0.1) is 0 Å². The number of nitrogens with zero attached hydrogens (tertiary/aromatic N) is 3. The summed E-state index contributed by atoms with van der Waals surface area (Å²) in [6, 6.07) is 12.7. The Bertz CT molecular complexity index is 1240. The number of benzene rings is 2. The maximum Gasteiger partial charge on any atom is 0.254 e. The van der Waals surface area contributed by atoms with Crippen LogP contribution in [0, 0.1) is 26.7 Å². The Balaban J connectivity index is 1.46. The predicted octanol–water partition coefficient (Wildman–Crippen LogP) is 4.99. The molecule has 1 aromatic heterocycles. The molecule has 6 nitrogen and oxygen atoms in total. The summed E-state index contributed by atoms with van der Waals surface area (Å²) in [4.78, 5) is 18.1. The summed E-state index contributed by atoms with van der Waals surface area (Å²) in [5, 5.41) is 4.93. The fraction of sp³-hybridized carbons (Fsp3) is 0.500. The Kier molecular flexibility index (Phi) is 7.35. The summed E-state index contributed by atoms with van der Waals surface area (Å²) >= 11 is 0. The Hall–Kier alpha value is -2.83. The normalized spacial score (nSPS) is 16.6. The first-order valence-electron chi connectivity index (χ1n) is 13.4. The number of amides is 1. The van der Waals surface area contributed by atoms with E-state index in [4.69, 9.17) is 4.74 Å². The van der Waals surface area contributed by atoms with Crippen LogP contribution in [-0.4, -0.2) is 66.7 Å². The van der Waals surface area contributed by atoms with E-state index in [0.717, 1.165) is 69.6 Å². The second-order valence-corrected chi connectivity index (χ2v) is 10.6. The van der Waals surface area contributed by atoms with Crippen molar-refractivity contribution in [3.63, 3.8) is 0 Å². The lowest BCUT2D eigenvalue weighted by Gasteiger charge is -2.34. The van der Waals surface area contributed by atoms with Crippen molar-refractivity contribution in [3.05, 3.63) is 64.3 Å². The molecule has 1 aliphatic carbocycles. The molecular weight excluding hydrogens is 448 g/mol. The van der Waals surface area contributed by atoms with Crippen molar-refractivity contribution < 1.29 is 9.53 Å². The third kappa shape index (κ3) is 5.16. The number of rotatable bonds is 9. The smallest absolute Gasteiger partial charge is 0.254 e. The Labute approximate surface area is 215 Å². The minimum absolute atomic E-state index is 0.134. The molecule has 36 heavy (non-hydrogen) atoms. The van der Waals surface area contributed by atoms with Gasteiger partial charge in [-0.1, -0.05) is 24.3 Å². The largest absolute Gasteiger partial charge is 0.383 e. The van der Waals surface area contributed by atoms with Crippen LogP contribution in [0.4, 0.5) is 5.69 Å². The molecule has 0 unspecified atom stereocenters. The molecule has 1 saturated heterocycles. The zero-order valence-electron chi connectivity index (χ0n) is 22.3. The highest BCUT2D eigenvalue weighted by atomic mass is 16.5. The van der Waals surface area contributed by atoms with Crippen LogP contribution in [0.5, 0.6) is 0 Å². The van der Waals surface area contributed by atoms with Crippen molar-refractivity contribution in [3.8, 4) is 0 Å². The van der Waals surface area contributed by atoms with Crippen molar-refractivity contribution in [2.75, 3.05) is 51.8 Å². The number of methoxy groups -OCH3 is 1. The molecule has 2 aromatic carbocycles. The average Bonchev–Trinajstić information content (AvgIpc) is 3.69. The molecule has 0 atom stereocenters. The molecule has 5 rings (SSSR count). The van der Waals surface area contributed by atoms with Crippen molar-refractivity contribution in [2.45, 2.75) is 46.7 Å². The van der Waals surface area contributed by atoms with Gasteiger partial charge in [0.05, 0.1) is 17.8 Å². The highest BCUT2D eigenvalue weighted by Crippen LogP contribution is 2.38. The fourth-order valence-electron chi connectivity index (χ4n) is 5.40. The number of hydrogen-bond donors (Lipinski definition) is 1. The van der Waals surface area contributed by atoms with Crippen LogP contribution in [0.15, 0.2) is 36.4 Å². The molecule has 6 heteroatoms. The molecule has 0 bridgehead atoms. The number of hydrogen-bond acceptors (Lipinski definition) is 4. The van der Waals surface area contributed by atoms with Gasteiger partial charge in [-0.05, 0) is 68.4 Å². The fourth-order valence-corrected chi connectivity index (χ4v) is 5.40. The molecule has 2 heterocycles. The monoisotopic (exact) mass is 488 g/mol. The van der Waals surface area contributed by atoms with E-state index in [9.17, 15) is 4.79 Å². The van der Waals surface area contributed by atoms with Crippen molar-refractivity contribution in [2.24, 2.45) is 5.92 Å². The SMILES string of the molecule is COCCN1CCN(C(=O)c2cc(NCc3ccccc3C)c3c(c2)c(C)c(C)n3CC2CC2)CC1. The molecule has 2 aliphatic rings. The standard InChI is InChI=1S/C30H40N4O2/c1-21-7-5-6-8-25(21)19-31-28-18-26(30(35)33-13-11-32(12-14-33)15-16-36-4)17-27-22(2)23(3)34(29(27)28)20-24-9-10-24/h5-8,17-18,24,31H,9-16,19-20H2,1-4H3. The second-order valence-electron chi connectivity index (χ2n) is 10.6. The molecule has 1 saturated carbocycles. The number of piperazine rings is 1. The summed E-state index contributed by atoms with van der Waals surface area (Å²) in [7, 11) is 1.74. The van der Waals surface area contributed by atoms with Gasteiger partial charge in [0.15, 0.2) is 0 Å². The molecule has 0 radical (unpaired) electrons.